The van der Waals surface area contributed by atoms with Gasteiger partial charge in [-0.15, -0.1) is 10.2 Å². The maximum Gasteiger partial charge on any atom is 0.223 e. The van der Waals surface area contributed by atoms with Gasteiger partial charge in [-0.1, -0.05) is 18.2 Å². The van der Waals surface area contributed by atoms with Gasteiger partial charge in [-0.3, -0.25) is 4.79 Å². The summed E-state index contributed by atoms with van der Waals surface area (Å²) < 4.78 is 16.9. The van der Waals surface area contributed by atoms with Crippen LogP contribution in [0.5, 0.6) is 5.75 Å². The van der Waals surface area contributed by atoms with Crippen molar-refractivity contribution in [3.8, 4) is 5.75 Å². The van der Waals surface area contributed by atoms with Crippen LogP contribution in [0.25, 0.3) is 0 Å². The Balaban J connectivity index is 1.26. The first-order valence-electron chi connectivity index (χ1n) is 11.0. The fraction of sp³-hybridized carbons (Fsp3) is 0.609. The average molecular weight is 414 g/mol. The van der Waals surface area contributed by atoms with Gasteiger partial charge in [-0.05, 0) is 49.7 Å². The Morgan fingerprint density at radius 1 is 1.10 bits per heavy atom. The van der Waals surface area contributed by atoms with Crippen molar-refractivity contribution >= 4 is 5.91 Å². The zero-order valence-corrected chi connectivity index (χ0v) is 17.7. The molecule has 2 heterocycles. The van der Waals surface area contributed by atoms with Gasteiger partial charge in [-0.25, -0.2) is 0 Å². The predicted molar refractivity (Wildman–Crippen MR) is 111 cm³/mol. The first kappa shape index (κ1) is 20.8. The number of aryl methyl sites for hydroxylation is 3. The number of nitrogens with zero attached hydrogens (tertiary/aromatic N) is 3. The molecule has 0 N–H and O–H groups in total. The van der Waals surface area contributed by atoms with E-state index in [1.165, 1.54) is 12.8 Å². The number of carbonyl (C=O) groups is 1. The number of ether oxygens (including phenoxy) is 2. The summed E-state index contributed by atoms with van der Waals surface area (Å²) >= 11 is 0. The third-order valence-corrected chi connectivity index (χ3v) is 5.84. The van der Waals surface area contributed by atoms with Crippen molar-refractivity contribution in [1.29, 1.82) is 0 Å². The van der Waals surface area contributed by atoms with Gasteiger partial charge in [-0.2, -0.15) is 0 Å². The van der Waals surface area contributed by atoms with E-state index in [1.807, 2.05) is 29.2 Å². The molecule has 1 aromatic heterocycles. The largest absolute Gasteiger partial charge is 0.496 e. The molecule has 7 heteroatoms. The summed E-state index contributed by atoms with van der Waals surface area (Å²) in [4.78, 5) is 14.8. The number of benzene rings is 1. The SMILES string of the molecule is COc1ccccc1CCc1nnc(CCC(=O)N(CC2CC2)C[C@@H]2CCCO2)o1. The van der Waals surface area contributed by atoms with Crippen LogP contribution in [-0.2, 0) is 28.8 Å². The van der Waals surface area contributed by atoms with E-state index < -0.39 is 0 Å². The molecule has 0 radical (unpaired) electrons. The van der Waals surface area contributed by atoms with E-state index in [1.54, 1.807) is 7.11 Å². The minimum atomic E-state index is 0.158. The minimum absolute atomic E-state index is 0.158. The summed E-state index contributed by atoms with van der Waals surface area (Å²) in [6, 6.07) is 7.93. The number of carbonyl (C=O) groups excluding carboxylic acids is 1. The van der Waals surface area contributed by atoms with Gasteiger partial charge in [0.2, 0.25) is 17.7 Å². The molecule has 7 nitrogen and oxygen atoms in total. The number of hydrogen-bond acceptors (Lipinski definition) is 6. The molecule has 1 aliphatic carbocycles. The lowest BCUT2D eigenvalue weighted by Crippen LogP contribution is -2.38. The third kappa shape index (κ3) is 5.81. The molecule has 2 aromatic rings. The van der Waals surface area contributed by atoms with Crippen LogP contribution in [0.1, 0.15) is 49.4 Å². The molecule has 1 aliphatic heterocycles. The molecular weight excluding hydrogens is 382 g/mol. The number of aromatic nitrogens is 2. The summed E-state index contributed by atoms with van der Waals surface area (Å²) in [6.07, 6.45) is 7.08. The molecule has 4 rings (SSSR count). The molecule has 0 spiro atoms. The Morgan fingerprint density at radius 2 is 1.90 bits per heavy atom. The maximum absolute atomic E-state index is 12.8. The lowest BCUT2D eigenvalue weighted by Gasteiger charge is -2.25. The predicted octanol–water partition coefficient (Wildman–Crippen LogP) is 3.21. The summed E-state index contributed by atoms with van der Waals surface area (Å²) in [5.74, 6) is 2.82. The second-order valence-electron chi connectivity index (χ2n) is 8.28. The van der Waals surface area contributed by atoms with E-state index in [2.05, 4.69) is 10.2 Å². The minimum Gasteiger partial charge on any atom is -0.496 e. The van der Waals surface area contributed by atoms with Crippen LogP contribution in [0.4, 0.5) is 0 Å². The van der Waals surface area contributed by atoms with Gasteiger partial charge in [0.25, 0.3) is 0 Å². The highest BCUT2D eigenvalue weighted by atomic mass is 16.5. The average Bonchev–Trinajstić information content (AvgIpc) is 3.24. The van der Waals surface area contributed by atoms with E-state index in [9.17, 15) is 4.79 Å². The Hall–Kier alpha value is -2.41. The quantitative estimate of drug-likeness (QED) is 0.563. The first-order valence-corrected chi connectivity index (χ1v) is 11.0. The summed E-state index contributed by atoms with van der Waals surface area (Å²) in [5, 5.41) is 8.28. The Bertz CT molecular complexity index is 827. The van der Waals surface area contributed by atoms with Gasteiger partial charge in [0, 0.05) is 39.0 Å². The lowest BCUT2D eigenvalue weighted by atomic mass is 10.1. The smallest absolute Gasteiger partial charge is 0.223 e. The molecule has 0 unspecified atom stereocenters. The molecule has 1 saturated heterocycles. The Labute approximate surface area is 177 Å². The maximum atomic E-state index is 12.8. The second kappa shape index (κ2) is 10.1. The van der Waals surface area contributed by atoms with Crippen LogP contribution < -0.4 is 4.74 Å². The van der Waals surface area contributed by atoms with Crippen LogP contribution >= 0.6 is 0 Å². The summed E-state index contributed by atoms with van der Waals surface area (Å²) in [7, 11) is 1.67. The fourth-order valence-corrected chi connectivity index (χ4v) is 3.94. The van der Waals surface area contributed by atoms with Crippen molar-refractivity contribution in [1.82, 2.24) is 15.1 Å². The highest BCUT2D eigenvalue weighted by Crippen LogP contribution is 2.30. The molecule has 1 amide bonds. The molecular formula is C23H31N3O4. The normalized spacial score (nSPS) is 18.5. The van der Waals surface area contributed by atoms with Crippen molar-refractivity contribution in [2.75, 3.05) is 26.8 Å². The number of hydrogen-bond donors (Lipinski definition) is 0. The molecule has 162 valence electrons. The van der Waals surface area contributed by atoms with E-state index in [-0.39, 0.29) is 12.0 Å². The zero-order valence-electron chi connectivity index (χ0n) is 17.7. The standard InChI is InChI=1S/C23H31N3O4/c1-28-20-7-3-2-5-18(20)10-11-21-24-25-22(30-21)12-13-23(27)26(15-17-8-9-17)16-19-6-4-14-29-19/h2-3,5,7,17,19H,4,6,8-16H2,1H3/t19-/m0/s1. The van der Waals surface area contributed by atoms with Gasteiger partial charge >= 0.3 is 0 Å². The monoisotopic (exact) mass is 413 g/mol. The van der Waals surface area contributed by atoms with Gasteiger partial charge in [0.05, 0.1) is 13.2 Å². The Kier molecular flexibility index (Phi) is 7.00. The van der Waals surface area contributed by atoms with Crippen LogP contribution in [0.2, 0.25) is 0 Å². The van der Waals surface area contributed by atoms with Crippen LogP contribution in [-0.4, -0.2) is 53.9 Å². The van der Waals surface area contributed by atoms with Gasteiger partial charge in [0.15, 0.2) is 0 Å². The van der Waals surface area contributed by atoms with Crippen molar-refractivity contribution in [3.63, 3.8) is 0 Å². The molecule has 2 fully saturated rings. The van der Waals surface area contributed by atoms with Crippen molar-refractivity contribution in [2.24, 2.45) is 5.92 Å². The lowest BCUT2D eigenvalue weighted by molar-refractivity contribution is -0.133. The van der Waals surface area contributed by atoms with Crippen LogP contribution in [0.3, 0.4) is 0 Å². The first-order chi connectivity index (χ1) is 14.7. The highest BCUT2D eigenvalue weighted by Gasteiger charge is 2.29. The number of rotatable bonds is 11. The van der Waals surface area contributed by atoms with Gasteiger partial charge < -0.3 is 18.8 Å². The van der Waals surface area contributed by atoms with Crippen molar-refractivity contribution in [2.45, 2.75) is 57.5 Å². The number of amides is 1. The molecule has 1 saturated carbocycles. The van der Waals surface area contributed by atoms with Crippen molar-refractivity contribution in [3.05, 3.63) is 41.6 Å². The summed E-state index contributed by atoms with van der Waals surface area (Å²) in [5.41, 5.74) is 1.11. The summed E-state index contributed by atoms with van der Waals surface area (Å²) in [6.45, 7) is 2.38. The Morgan fingerprint density at radius 3 is 2.63 bits per heavy atom. The fourth-order valence-electron chi connectivity index (χ4n) is 3.94. The van der Waals surface area contributed by atoms with Gasteiger partial charge in [0.1, 0.15) is 5.75 Å². The molecule has 1 atom stereocenters. The highest BCUT2D eigenvalue weighted by molar-refractivity contribution is 5.76. The second-order valence-corrected chi connectivity index (χ2v) is 8.28. The van der Waals surface area contributed by atoms with E-state index in [0.717, 1.165) is 43.7 Å². The number of methoxy groups -OCH3 is 1. The zero-order chi connectivity index (χ0) is 20.8. The van der Waals surface area contributed by atoms with Crippen molar-refractivity contribution < 1.29 is 18.7 Å². The van der Waals surface area contributed by atoms with Crippen LogP contribution in [0.15, 0.2) is 28.7 Å². The topological polar surface area (TPSA) is 77.7 Å². The van der Waals surface area contributed by atoms with E-state index in [0.29, 0.717) is 43.5 Å². The molecule has 30 heavy (non-hydrogen) atoms. The molecule has 0 bridgehead atoms. The molecule has 1 aromatic carbocycles. The van der Waals surface area contributed by atoms with Crippen LogP contribution in [0, 0.1) is 5.92 Å². The van der Waals surface area contributed by atoms with E-state index in [4.69, 9.17) is 13.9 Å². The third-order valence-electron chi connectivity index (χ3n) is 5.84. The number of para-hydroxylation sites is 1. The molecule has 2 aliphatic rings. The van der Waals surface area contributed by atoms with E-state index >= 15 is 0 Å².